The maximum atomic E-state index is 12.1. The van der Waals surface area contributed by atoms with Gasteiger partial charge in [-0.15, -0.1) is 6.58 Å². The Kier molecular flexibility index (Phi) is 6.47. The summed E-state index contributed by atoms with van der Waals surface area (Å²) in [7, 11) is 0. The van der Waals surface area contributed by atoms with E-state index in [9.17, 15) is 9.59 Å². The minimum absolute atomic E-state index is 0.00321. The molecule has 1 fully saturated rings. The van der Waals surface area contributed by atoms with Crippen LogP contribution >= 0.6 is 0 Å². The summed E-state index contributed by atoms with van der Waals surface area (Å²) >= 11 is 0. The lowest BCUT2D eigenvalue weighted by Crippen LogP contribution is -2.43. The van der Waals surface area contributed by atoms with E-state index in [1.807, 2.05) is 4.90 Å². The Hall–Kier alpha value is -2.50. The summed E-state index contributed by atoms with van der Waals surface area (Å²) in [6, 6.07) is 3.41. The number of urea groups is 1. The predicted octanol–water partition coefficient (Wildman–Crippen LogP) is 2.02. The number of rotatable bonds is 6. The van der Waals surface area contributed by atoms with Crippen LogP contribution in [0.1, 0.15) is 18.6 Å². The first-order valence-electron chi connectivity index (χ1n) is 7.82. The molecule has 0 bridgehead atoms. The van der Waals surface area contributed by atoms with Gasteiger partial charge in [0, 0.05) is 32.3 Å². The topological polar surface area (TPSA) is 74.6 Å². The summed E-state index contributed by atoms with van der Waals surface area (Å²) in [5, 5.41) is 5.53. The number of carbonyl (C=O) groups excluding carboxylic acids is 2. The smallest absolute Gasteiger partial charge is 0.315 e. The van der Waals surface area contributed by atoms with Crippen molar-refractivity contribution in [2.75, 3.05) is 26.2 Å². The molecule has 1 aromatic heterocycles. The molecule has 124 valence electrons. The number of amides is 3. The first kappa shape index (κ1) is 16.9. The molecular formula is C17H23N3O3. The van der Waals surface area contributed by atoms with Crippen LogP contribution in [0.25, 0.3) is 6.08 Å². The van der Waals surface area contributed by atoms with Crippen LogP contribution < -0.4 is 10.6 Å². The Bertz CT molecular complexity index is 543. The molecule has 0 atom stereocenters. The molecule has 23 heavy (non-hydrogen) atoms. The maximum Gasteiger partial charge on any atom is 0.315 e. The Labute approximate surface area is 136 Å². The third-order valence-corrected chi connectivity index (χ3v) is 3.82. The molecule has 3 amide bonds. The fraction of sp³-hybridized carbons (Fsp3) is 0.412. The Morgan fingerprint density at radius 3 is 2.78 bits per heavy atom. The van der Waals surface area contributed by atoms with E-state index in [-0.39, 0.29) is 11.9 Å². The van der Waals surface area contributed by atoms with Gasteiger partial charge >= 0.3 is 6.03 Å². The van der Waals surface area contributed by atoms with Crippen molar-refractivity contribution in [1.29, 1.82) is 0 Å². The van der Waals surface area contributed by atoms with Crippen LogP contribution in [-0.4, -0.2) is 43.0 Å². The van der Waals surface area contributed by atoms with Gasteiger partial charge in [0.15, 0.2) is 0 Å². The minimum Gasteiger partial charge on any atom is -0.465 e. The fourth-order valence-corrected chi connectivity index (χ4v) is 2.47. The summed E-state index contributed by atoms with van der Waals surface area (Å²) < 4.78 is 5.16. The van der Waals surface area contributed by atoms with Crippen molar-refractivity contribution < 1.29 is 14.0 Å². The molecule has 0 aliphatic carbocycles. The standard InChI is InChI=1S/C17H23N3O3/c1-2-9-18-17(22)19-13-14-7-10-20(11-8-14)16(21)6-5-15-4-3-12-23-15/h2-6,12,14H,1,7-11,13H2,(H2,18,19,22)/b6-5+. The lowest BCUT2D eigenvalue weighted by molar-refractivity contribution is -0.127. The average Bonchev–Trinajstić information content (AvgIpc) is 3.10. The molecule has 1 aliphatic rings. The van der Waals surface area contributed by atoms with Gasteiger partial charge in [-0.2, -0.15) is 0 Å². The molecule has 2 rings (SSSR count). The van der Waals surface area contributed by atoms with Gasteiger partial charge in [0.05, 0.1) is 6.26 Å². The van der Waals surface area contributed by atoms with Gasteiger partial charge in [0.25, 0.3) is 0 Å². The molecule has 0 unspecified atom stereocenters. The van der Waals surface area contributed by atoms with E-state index in [2.05, 4.69) is 17.2 Å². The molecule has 1 saturated heterocycles. The van der Waals surface area contributed by atoms with E-state index in [0.29, 0.717) is 37.9 Å². The second-order valence-electron chi connectivity index (χ2n) is 5.50. The molecular weight excluding hydrogens is 294 g/mol. The summed E-state index contributed by atoms with van der Waals surface area (Å²) in [5.74, 6) is 1.07. The number of likely N-dealkylation sites (tertiary alicyclic amines) is 1. The number of furan rings is 1. The number of carbonyl (C=O) groups is 2. The van der Waals surface area contributed by atoms with Crippen molar-refractivity contribution >= 4 is 18.0 Å². The van der Waals surface area contributed by atoms with Crippen molar-refractivity contribution in [2.24, 2.45) is 5.92 Å². The third-order valence-electron chi connectivity index (χ3n) is 3.82. The highest BCUT2D eigenvalue weighted by atomic mass is 16.3. The quantitative estimate of drug-likeness (QED) is 0.622. The molecule has 0 spiro atoms. The molecule has 1 aromatic rings. The van der Waals surface area contributed by atoms with Crippen molar-refractivity contribution in [3.05, 3.63) is 42.9 Å². The van der Waals surface area contributed by atoms with Crippen LogP contribution in [0.3, 0.4) is 0 Å². The number of nitrogens with zero attached hydrogens (tertiary/aromatic N) is 1. The zero-order chi connectivity index (χ0) is 16.5. The van der Waals surface area contributed by atoms with Gasteiger partial charge in [-0.25, -0.2) is 4.79 Å². The van der Waals surface area contributed by atoms with Gasteiger partial charge < -0.3 is 20.0 Å². The summed E-state index contributed by atoms with van der Waals surface area (Å²) in [6.45, 7) is 6.06. The summed E-state index contributed by atoms with van der Waals surface area (Å²) in [5.41, 5.74) is 0. The van der Waals surface area contributed by atoms with E-state index in [1.54, 1.807) is 36.6 Å². The SMILES string of the molecule is C=CCNC(=O)NCC1CCN(C(=O)/C=C/c2ccco2)CC1. The first-order valence-corrected chi connectivity index (χ1v) is 7.82. The second kappa shape index (κ2) is 8.82. The molecule has 6 heteroatoms. The zero-order valence-electron chi connectivity index (χ0n) is 13.2. The van der Waals surface area contributed by atoms with E-state index in [0.717, 1.165) is 12.8 Å². The Morgan fingerprint density at radius 1 is 1.35 bits per heavy atom. The molecule has 1 aliphatic heterocycles. The van der Waals surface area contributed by atoms with E-state index >= 15 is 0 Å². The molecule has 0 saturated carbocycles. The maximum absolute atomic E-state index is 12.1. The highest BCUT2D eigenvalue weighted by Gasteiger charge is 2.21. The van der Waals surface area contributed by atoms with Crippen molar-refractivity contribution in [3.63, 3.8) is 0 Å². The highest BCUT2D eigenvalue weighted by molar-refractivity contribution is 5.91. The Balaban J connectivity index is 1.68. The van der Waals surface area contributed by atoms with Crippen molar-refractivity contribution in [3.8, 4) is 0 Å². The number of piperidine rings is 1. The third kappa shape index (κ3) is 5.65. The van der Waals surface area contributed by atoms with Crippen LogP contribution in [-0.2, 0) is 4.79 Å². The second-order valence-corrected chi connectivity index (χ2v) is 5.50. The van der Waals surface area contributed by atoms with Gasteiger partial charge in [0.2, 0.25) is 5.91 Å². The summed E-state index contributed by atoms with van der Waals surface area (Å²) in [6.07, 6.45) is 8.22. The van der Waals surface area contributed by atoms with E-state index < -0.39 is 0 Å². The van der Waals surface area contributed by atoms with Gasteiger partial charge in [-0.1, -0.05) is 6.08 Å². The molecule has 2 heterocycles. The van der Waals surface area contributed by atoms with Crippen LogP contribution in [0.2, 0.25) is 0 Å². The van der Waals surface area contributed by atoms with E-state index in [1.165, 1.54) is 0 Å². The van der Waals surface area contributed by atoms with Gasteiger partial charge in [0.1, 0.15) is 5.76 Å². The lowest BCUT2D eigenvalue weighted by Gasteiger charge is -2.31. The summed E-state index contributed by atoms with van der Waals surface area (Å²) in [4.78, 5) is 25.4. The van der Waals surface area contributed by atoms with E-state index in [4.69, 9.17) is 4.42 Å². The molecule has 0 aromatic carbocycles. The zero-order valence-corrected chi connectivity index (χ0v) is 13.2. The fourth-order valence-electron chi connectivity index (χ4n) is 2.47. The highest BCUT2D eigenvalue weighted by Crippen LogP contribution is 2.17. The molecule has 6 nitrogen and oxygen atoms in total. The monoisotopic (exact) mass is 317 g/mol. The Morgan fingerprint density at radius 2 is 2.13 bits per heavy atom. The van der Waals surface area contributed by atoms with Crippen molar-refractivity contribution in [1.82, 2.24) is 15.5 Å². The normalized spacial score (nSPS) is 15.6. The first-order chi connectivity index (χ1) is 11.2. The average molecular weight is 317 g/mol. The van der Waals surface area contributed by atoms with Crippen LogP contribution in [0.5, 0.6) is 0 Å². The van der Waals surface area contributed by atoms with Crippen molar-refractivity contribution in [2.45, 2.75) is 12.8 Å². The van der Waals surface area contributed by atoms with Crippen LogP contribution in [0, 0.1) is 5.92 Å². The van der Waals surface area contributed by atoms with Gasteiger partial charge in [-0.3, -0.25) is 4.79 Å². The number of nitrogens with one attached hydrogen (secondary N) is 2. The van der Waals surface area contributed by atoms with Crippen LogP contribution in [0.4, 0.5) is 4.79 Å². The minimum atomic E-state index is -0.176. The number of hydrogen-bond donors (Lipinski definition) is 2. The van der Waals surface area contributed by atoms with Gasteiger partial charge in [-0.05, 0) is 37.0 Å². The van der Waals surface area contributed by atoms with Crippen LogP contribution in [0.15, 0.2) is 41.5 Å². The number of hydrogen-bond acceptors (Lipinski definition) is 3. The molecule has 2 N–H and O–H groups in total. The molecule has 0 radical (unpaired) electrons. The predicted molar refractivity (Wildman–Crippen MR) is 88.6 cm³/mol. The lowest BCUT2D eigenvalue weighted by atomic mass is 9.97. The largest absolute Gasteiger partial charge is 0.465 e.